The number of carbonyl (C=O) groups excluding carboxylic acids is 2. The largest absolute Gasteiger partial charge is 0.496 e. The molecule has 1 saturated heterocycles. The van der Waals surface area contributed by atoms with Crippen LogP contribution in [-0.4, -0.2) is 47.4 Å². The third kappa shape index (κ3) is 3.75. The number of amides is 1. The molecule has 1 fully saturated rings. The van der Waals surface area contributed by atoms with Crippen molar-refractivity contribution in [1.29, 1.82) is 0 Å². The number of Topliss-reactive ketones (excluding diaryl/α,β-unsaturated/α-hetero) is 1. The molecule has 1 aliphatic heterocycles. The lowest BCUT2D eigenvalue weighted by molar-refractivity contribution is -0.148. The van der Waals surface area contributed by atoms with Crippen LogP contribution in [0.3, 0.4) is 0 Å². The minimum atomic E-state index is -0.865. The van der Waals surface area contributed by atoms with Crippen molar-refractivity contribution in [3.8, 4) is 5.75 Å². The van der Waals surface area contributed by atoms with Crippen LogP contribution in [0.2, 0.25) is 0 Å². The van der Waals surface area contributed by atoms with Crippen LogP contribution in [0.5, 0.6) is 5.75 Å². The Kier molecular flexibility index (Phi) is 5.59. The molecule has 2 rings (SSSR count). The van der Waals surface area contributed by atoms with Crippen molar-refractivity contribution in [3.05, 3.63) is 29.3 Å². The summed E-state index contributed by atoms with van der Waals surface area (Å²) in [7, 11) is 1.51. The maximum absolute atomic E-state index is 12.7. The quantitative estimate of drug-likeness (QED) is 0.835. The molecule has 0 spiro atoms. The second-order valence-corrected chi connectivity index (χ2v) is 6.17. The zero-order chi connectivity index (χ0) is 17.9. The van der Waals surface area contributed by atoms with Crippen LogP contribution in [0.25, 0.3) is 0 Å². The highest BCUT2D eigenvalue weighted by Crippen LogP contribution is 2.26. The van der Waals surface area contributed by atoms with Gasteiger partial charge in [0.15, 0.2) is 5.78 Å². The van der Waals surface area contributed by atoms with Gasteiger partial charge in [-0.05, 0) is 44.9 Å². The fourth-order valence-corrected chi connectivity index (χ4v) is 3.23. The van der Waals surface area contributed by atoms with E-state index < -0.39 is 11.9 Å². The van der Waals surface area contributed by atoms with Crippen molar-refractivity contribution >= 4 is 17.7 Å². The summed E-state index contributed by atoms with van der Waals surface area (Å²) in [6.45, 7) is 3.80. The van der Waals surface area contributed by atoms with Crippen molar-refractivity contribution in [2.24, 2.45) is 5.92 Å². The Morgan fingerprint density at radius 3 is 2.62 bits per heavy atom. The van der Waals surface area contributed by atoms with Crippen molar-refractivity contribution in [1.82, 2.24) is 4.90 Å². The molecule has 6 nitrogen and oxygen atoms in total. The Morgan fingerprint density at radius 2 is 2.04 bits per heavy atom. The summed E-state index contributed by atoms with van der Waals surface area (Å²) >= 11 is 0. The lowest BCUT2D eigenvalue weighted by Crippen LogP contribution is -2.49. The van der Waals surface area contributed by atoms with Gasteiger partial charge < -0.3 is 14.7 Å². The lowest BCUT2D eigenvalue weighted by Gasteiger charge is -2.37. The summed E-state index contributed by atoms with van der Waals surface area (Å²) in [6.07, 6.45) is 1.35. The summed E-state index contributed by atoms with van der Waals surface area (Å²) < 4.78 is 5.28. The Labute approximate surface area is 141 Å². The van der Waals surface area contributed by atoms with Gasteiger partial charge in [0.25, 0.3) is 0 Å². The van der Waals surface area contributed by atoms with E-state index in [2.05, 4.69) is 0 Å². The van der Waals surface area contributed by atoms with Gasteiger partial charge in [-0.15, -0.1) is 0 Å². The third-order valence-corrected chi connectivity index (χ3v) is 4.65. The van der Waals surface area contributed by atoms with Gasteiger partial charge in [0.1, 0.15) is 5.75 Å². The Bertz CT molecular complexity index is 655. The lowest BCUT2D eigenvalue weighted by atomic mass is 9.90. The fourth-order valence-electron chi connectivity index (χ4n) is 3.23. The minimum absolute atomic E-state index is 0.0800. The number of carbonyl (C=O) groups is 3. The van der Waals surface area contributed by atoms with Crippen LogP contribution < -0.4 is 4.74 Å². The van der Waals surface area contributed by atoms with E-state index in [0.717, 1.165) is 0 Å². The Hall–Kier alpha value is -2.37. The van der Waals surface area contributed by atoms with E-state index in [1.807, 2.05) is 0 Å². The number of ketones is 1. The van der Waals surface area contributed by atoms with Gasteiger partial charge in [-0.1, -0.05) is 0 Å². The van der Waals surface area contributed by atoms with Gasteiger partial charge in [-0.3, -0.25) is 14.4 Å². The summed E-state index contributed by atoms with van der Waals surface area (Å²) in [4.78, 5) is 37.2. The molecule has 1 heterocycles. The number of benzene rings is 1. The first-order valence-electron chi connectivity index (χ1n) is 8.05. The predicted octanol–water partition coefficient (Wildman–Crippen LogP) is 2.15. The molecule has 1 aliphatic rings. The molecule has 2 atom stereocenters. The topological polar surface area (TPSA) is 83.9 Å². The summed E-state index contributed by atoms with van der Waals surface area (Å²) in [6, 6.07) is 4.67. The molecule has 0 radical (unpaired) electrons. The zero-order valence-electron chi connectivity index (χ0n) is 14.2. The van der Waals surface area contributed by atoms with Gasteiger partial charge in [0.05, 0.1) is 19.4 Å². The molecule has 0 aliphatic carbocycles. The summed E-state index contributed by atoms with van der Waals surface area (Å²) in [5.74, 6) is -1.08. The summed E-state index contributed by atoms with van der Waals surface area (Å²) in [5, 5.41) is 9.28. The molecule has 6 heteroatoms. The van der Waals surface area contributed by atoms with E-state index in [-0.39, 0.29) is 24.2 Å². The molecule has 0 saturated carbocycles. The molecule has 1 aromatic carbocycles. The first-order chi connectivity index (χ1) is 11.3. The number of methoxy groups -OCH3 is 1. The second-order valence-electron chi connectivity index (χ2n) is 6.17. The molecule has 130 valence electrons. The van der Waals surface area contributed by atoms with E-state index in [9.17, 15) is 19.5 Å². The average Bonchev–Trinajstić information content (AvgIpc) is 2.54. The molecule has 1 amide bonds. The van der Waals surface area contributed by atoms with Crippen LogP contribution in [0.4, 0.5) is 0 Å². The molecule has 24 heavy (non-hydrogen) atoms. The van der Waals surface area contributed by atoms with Crippen molar-refractivity contribution in [2.45, 2.75) is 39.2 Å². The normalized spacial score (nSPS) is 20.5. The number of rotatable bonds is 5. The minimum Gasteiger partial charge on any atom is -0.496 e. The van der Waals surface area contributed by atoms with E-state index in [1.54, 1.807) is 30.0 Å². The second kappa shape index (κ2) is 7.47. The smallest absolute Gasteiger partial charge is 0.308 e. The number of carboxylic acid groups (broad SMARTS) is 1. The highest BCUT2D eigenvalue weighted by atomic mass is 16.5. The van der Waals surface area contributed by atoms with E-state index in [0.29, 0.717) is 36.3 Å². The standard InChI is InChI=1S/C18H23NO5/c1-11-15(18(22)23)5-4-8-19(11)17(21)10-14-9-13(12(2)20)6-7-16(14)24-3/h6-7,9,11,15H,4-5,8,10H2,1-3H3,(H,22,23)/t11-,15-/m0/s1. The fraction of sp³-hybridized carbons (Fsp3) is 0.500. The van der Waals surface area contributed by atoms with Crippen LogP contribution in [0.1, 0.15) is 42.6 Å². The van der Waals surface area contributed by atoms with Crippen molar-refractivity contribution in [2.75, 3.05) is 13.7 Å². The monoisotopic (exact) mass is 333 g/mol. The first kappa shape index (κ1) is 18.0. The van der Waals surface area contributed by atoms with Gasteiger partial charge >= 0.3 is 5.97 Å². The van der Waals surface area contributed by atoms with Gasteiger partial charge in [-0.25, -0.2) is 0 Å². The average molecular weight is 333 g/mol. The Balaban J connectivity index is 2.21. The van der Waals surface area contributed by atoms with E-state index in [4.69, 9.17) is 4.74 Å². The number of nitrogens with zero attached hydrogens (tertiary/aromatic N) is 1. The number of hydrogen-bond donors (Lipinski definition) is 1. The van der Waals surface area contributed by atoms with E-state index >= 15 is 0 Å². The van der Waals surface area contributed by atoms with Crippen LogP contribution in [-0.2, 0) is 16.0 Å². The van der Waals surface area contributed by atoms with Gasteiger partial charge in [0.2, 0.25) is 5.91 Å². The van der Waals surface area contributed by atoms with Crippen LogP contribution in [0.15, 0.2) is 18.2 Å². The van der Waals surface area contributed by atoms with Crippen molar-refractivity contribution in [3.63, 3.8) is 0 Å². The first-order valence-corrected chi connectivity index (χ1v) is 8.05. The van der Waals surface area contributed by atoms with Crippen LogP contribution in [0, 0.1) is 5.92 Å². The molecule has 1 N–H and O–H groups in total. The molecular weight excluding hydrogens is 310 g/mol. The maximum atomic E-state index is 12.7. The SMILES string of the molecule is COc1ccc(C(C)=O)cc1CC(=O)N1CCC[C@H](C(=O)O)[C@@H]1C. The predicted molar refractivity (Wildman–Crippen MR) is 88.2 cm³/mol. The highest BCUT2D eigenvalue weighted by molar-refractivity contribution is 5.94. The number of likely N-dealkylation sites (tertiary alicyclic amines) is 1. The number of ether oxygens (including phenoxy) is 1. The number of aliphatic carboxylic acids is 1. The number of carboxylic acids is 1. The molecule has 1 aromatic rings. The zero-order valence-corrected chi connectivity index (χ0v) is 14.2. The molecule has 0 aromatic heterocycles. The van der Waals surface area contributed by atoms with Gasteiger partial charge in [0, 0.05) is 23.7 Å². The van der Waals surface area contributed by atoms with Crippen LogP contribution >= 0.6 is 0 Å². The summed E-state index contributed by atoms with van der Waals surface area (Å²) in [5.41, 5.74) is 1.16. The van der Waals surface area contributed by atoms with E-state index in [1.165, 1.54) is 14.0 Å². The van der Waals surface area contributed by atoms with Gasteiger partial charge in [-0.2, -0.15) is 0 Å². The molecular formula is C18H23NO5. The Morgan fingerprint density at radius 1 is 1.33 bits per heavy atom. The number of piperidine rings is 1. The molecule has 0 bridgehead atoms. The third-order valence-electron chi connectivity index (χ3n) is 4.65. The number of hydrogen-bond acceptors (Lipinski definition) is 4. The molecule has 0 unspecified atom stereocenters. The maximum Gasteiger partial charge on any atom is 0.308 e. The highest BCUT2D eigenvalue weighted by Gasteiger charge is 2.35. The van der Waals surface area contributed by atoms with Crippen molar-refractivity contribution < 1.29 is 24.2 Å².